The summed E-state index contributed by atoms with van der Waals surface area (Å²) in [5.41, 5.74) is 15.0. The van der Waals surface area contributed by atoms with Crippen LogP contribution in [0.25, 0.3) is 5.57 Å². The van der Waals surface area contributed by atoms with Gasteiger partial charge < -0.3 is 0 Å². The Kier molecular flexibility index (Phi) is 6.18. The first-order valence-electron chi connectivity index (χ1n) is 8.82. The predicted molar refractivity (Wildman–Crippen MR) is 100 cm³/mol. The molecule has 0 atom stereocenters. The normalized spacial score (nSPS) is 14.3. The van der Waals surface area contributed by atoms with Crippen molar-refractivity contribution in [3.63, 3.8) is 0 Å². The van der Waals surface area contributed by atoms with Gasteiger partial charge in [-0.3, -0.25) is 6.08 Å². The summed E-state index contributed by atoms with van der Waals surface area (Å²) in [5.74, 6) is 0. The van der Waals surface area contributed by atoms with Gasteiger partial charge in [-0.15, -0.1) is 17.5 Å². The topological polar surface area (TPSA) is 0 Å². The zero-order valence-corrected chi connectivity index (χ0v) is 19.6. The van der Waals surface area contributed by atoms with Crippen molar-refractivity contribution >= 4 is 5.57 Å². The van der Waals surface area contributed by atoms with Crippen molar-refractivity contribution in [1.82, 2.24) is 0 Å². The van der Waals surface area contributed by atoms with E-state index in [2.05, 4.69) is 59.8 Å². The Morgan fingerprint density at radius 2 is 1.46 bits per heavy atom. The summed E-state index contributed by atoms with van der Waals surface area (Å²) in [6, 6.07) is 4.62. The summed E-state index contributed by atoms with van der Waals surface area (Å²) in [4.78, 5) is 0. The number of aryl methyl sites for hydroxylation is 1. The van der Waals surface area contributed by atoms with Crippen molar-refractivity contribution in [2.24, 2.45) is 0 Å². The largest absolute Gasteiger partial charge is 0.269 e. The zero-order chi connectivity index (χ0) is 16.7. The van der Waals surface area contributed by atoms with Gasteiger partial charge in [0.1, 0.15) is 0 Å². The molecule has 0 aliphatic heterocycles. The fourth-order valence-corrected chi connectivity index (χ4v) is 4.05. The molecule has 0 unspecified atom stereocenters. The Hall–Kier alpha value is -0.820. The van der Waals surface area contributed by atoms with Crippen LogP contribution in [0.3, 0.4) is 0 Å². The van der Waals surface area contributed by atoms with E-state index in [9.17, 15) is 0 Å². The Morgan fingerprint density at radius 3 is 2.00 bits per heavy atom. The molecule has 0 fully saturated rings. The van der Waals surface area contributed by atoms with Crippen molar-refractivity contribution in [3.8, 4) is 0 Å². The van der Waals surface area contributed by atoms with Gasteiger partial charge >= 0.3 is 0 Å². The molecular formula is C23H28Hf-2. The first-order valence-corrected chi connectivity index (χ1v) is 8.82. The molecule has 2 aromatic carbocycles. The Morgan fingerprint density at radius 1 is 0.875 bits per heavy atom. The van der Waals surface area contributed by atoms with E-state index >= 15 is 0 Å². The molecule has 4 rings (SSSR count). The quantitative estimate of drug-likeness (QED) is 0.325. The third-order valence-electron chi connectivity index (χ3n) is 6.10. The van der Waals surface area contributed by atoms with Crippen LogP contribution in [0, 0.1) is 40.7 Å². The Bertz CT molecular complexity index is 707. The van der Waals surface area contributed by atoms with Crippen molar-refractivity contribution in [3.05, 3.63) is 68.3 Å². The molecule has 0 saturated heterocycles. The summed E-state index contributed by atoms with van der Waals surface area (Å²) in [6.07, 6.45) is 8.39. The minimum Gasteiger partial charge on any atom is -0.269 e. The van der Waals surface area contributed by atoms with Crippen LogP contribution in [0.1, 0.15) is 63.4 Å². The van der Waals surface area contributed by atoms with Crippen LogP contribution in [0.4, 0.5) is 0 Å². The third kappa shape index (κ3) is 3.29. The van der Waals surface area contributed by atoms with Crippen molar-refractivity contribution in [2.75, 3.05) is 0 Å². The van der Waals surface area contributed by atoms with E-state index < -0.39 is 0 Å². The van der Waals surface area contributed by atoms with Crippen LogP contribution in [0.2, 0.25) is 0 Å². The van der Waals surface area contributed by atoms with E-state index in [4.69, 9.17) is 0 Å². The molecular weight excluding hydrogens is 455 g/mol. The second kappa shape index (κ2) is 7.60. The van der Waals surface area contributed by atoms with Crippen LogP contribution in [0.15, 0.2) is 12.1 Å². The number of hydrogen-bond acceptors (Lipinski definition) is 0. The molecule has 0 spiro atoms. The van der Waals surface area contributed by atoms with Gasteiger partial charge in [-0.1, -0.05) is 59.2 Å². The molecule has 2 aliphatic carbocycles. The summed E-state index contributed by atoms with van der Waals surface area (Å²) in [5, 5.41) is 0. The fraction of sp³-hybridized carbons (Fsp3) is 0.435. The molecule has 126 valence electrons. The molecule has 0 amide bonds. The SMILES string of the molecule is CC1=[C-]Cc2ccc3c(c21)CCC3.Cc1c(C)c(C)[c-](C)c1C.[Hf]. The Balaban J connectivity index is 0.000000173. The molecule has 0 saturated carbocycles. The predicted octanol–water partition coefficient (Wildman–Crippen LogP) is 5.88. The van der Waals surface area contributed by atoms with Crippen LogP contribution >= 0.6 is 0 Å². The molecule has 2 aliphatic rings. The van der Waals surface area contributed by atoms with Crippen molar-refractivity contribution in [2.45, 2.75) is 67.2 Å². The fourth-order valence-electron chi connectivity index (χ4n) is 4.05. The van der Waals surface area contributed by atoms with E-state index in [1.54, 1.807) is 11.1 Å². The average Bonchev–Trinajstić information content (AvgIpc) is 3.21. The van der Waals surface area contributed by atoms with Gasteiger partial charge in [0.05, 0.1) is 0 Å². The number of rotatable bonds is 0. The maximum atomic E-state index is 3.43. The summed E-state index contributed by atoms with van der Waals surface area (Å²) in [6.45, 7) is 13.2. The van der Waals surface area contributed by atoms with Crippen LogP contribution in [-0.2, 0) is 45.1 Å². The van der Waals surface area contributed by atoms with E-state index in [0.29, 0.717) is 0 Å². The Labute approximate surface area is 166 Å². The minimum atomic E-state index is 0. The number of allylic oxidation sites excluding steroid dienone is 2. The minimum absolute atomic E-state index is 0. The second-order valence-electron chi connectivity index (χ2n) is 7.19. The zero-order valence-electron chi connectivity index (χ0n) is 16.0. The first-order chi connectivity index (χ1) is 10.9. The van der Waals surface area contributed by atoms with Crippen LogP contribution < -0.4 is 0 Å². The van der Waals surface area contributed by atoms with Gasteiger partial charge in [-0.25, -0.2) is 5.57 Å². The molecule has 0 heterocycles. The maximum absolute atomic E-state index is 3.43. The average molecular weight is 483 g/mol. The van der Waals surface area contributed by atoms with Gasteiger partial charge in [0.15, 0.2) is 0 Å². The molecule has 0 N–H and O–H groups in total. The monoisotopic (exact) mass is 484 g/mol. The molecule has 1 heteroatoms. The number of hydrogen-bond donors (Lipinski definition) is 0. The van der Waals surface area contributed by atoms with Gasteiger partial charge in [0.2, 0.25) is 0 Å². The molecule has 0 aromatic heterocycles. The summed E-state index contributed by atoms with van der Waals surface area (Å²) < 4.78 is 0. The summed E-state index contributed by atoms with van der Waals surface area (Å²) in [7, 11) is 0. The maximum Gasteiger partial charge on any atom is 0 e. The van der Waals surface area contributed by atoms with E-state index in [1.165, 1.54) is 63.8 Å². The van der Waals surface area contributed by atoms with Gasteiger partial charge in [0, 0.05) is 25.8 Å². The van der Waals surface area contributed by atoms with E-state index in [1.807, 2.05) is 0 Å². The first kappa shape index (κ1) is 19.5. The standard InChI is InChI=1S/C13H13.C10H15.Hf/c1-9-5-6-11-8-7-10-3-2-4-12(10)13(9)11;1-6-7(2)9(4)10(5)8(6)3;/h7-8H,2-4,6H2,1H3;1-5H3;/q2*-1;. The number of fused-ring (bicyclic) bond motifs is 3. The third-order valence-corrected chi connectivity index (χ3v) is 6.10. The van der Waals surface area contributed by atoms with Crippen molar-refractivity contribution < 1.29 is 25.8 Å². The van der Waals surface area contributed by atoms with Gasteiger partial charge in [-0.05, 0) is 19.3 Å². The van der Waals surface area contributed by atoms with E-state index in [-0.39, 0.29) is 25.8 Å². The summed E-state index contributed by atoms with van der Waals surface area (Å²) >= 11 is 0. The molecule has 0 radical (unpaired) electrons. The smallest absolute Gasteiger partial charge is 0 e. The van der Waals surface area contributed by atoms with Crippen LogP contribution in [0.5, 0.6) is 0 Å². The van der Waals surface area contributed by atoms with Crippen LogP contribution in [-0.4, -0.2) is 0 Å². The van der Waals surface area contributed by atoms with Gasteiger partial charge in [-0.2, -0.15) is 33.4 Å². The molecule has 0 bridgehead atoms. The molecule has 0 nitrogen and oxygen atoms in total. The van der Waals surface area contributed by atoms with Gasteiger partial charge in [0.25, 0.3) is 0 Å². The van der Waals surface area contributed by atoms with Crippen molar-refractivity contribution in [1.29, 1.82) is 0 Å². The second-order valence-corrected chi connectivity index (χ2v) is 7.19. The molecule has 24 heavy (non-hydrogen) atoms. The van der Waals surface area contributed by atoms with E-state index in [0.717, 1.165) is 6.42 Å². The number of benzene rings is 1. The molecule has 2 aromatic rings.